The van der Waals surface area contributed by atoms with E-state index in [2.05, 4.69) is 20.5 Å². The molecule has 1 saturated heterocycles. The summed E-state index contributed by atoms with van der Waals surface area (Å²) < 4.78 is 28.0. The highest BCUT2D eigenvalue weighted by atomic mass is 19.1. The van der Waals surface area contributed by atoms with Crippen molar-refractivity contribution in [3.05, 3.63) is 70.6 Å². The maximum atomic E-state index is 14.5. The molecule has 8 heteroatoms. The molecule has 1 aliphatic heterocycles. The molecule has 29 heavy (non-hydrogen) atoms. The number of hydrogen-bond acceptors (Lipinski definition) is 5. The van der Waals surface area contributed by atoms with Crippen LogP contribution in [0.15, 0.2) is 58.4 Å². The number of allylic oxidation sites excluding steroid dienone is 4. The van der Waals surface area contributed by atoms with E-state index in [1.54, 1.807) is 32.3 Å². The van der Waals surface area contributed by atoms with Crippen molar-refractivity contribution < 1.29 is 13.6 Å². The molecular formula is C21H25F2N5O. The highest BCUT2D eigenvalue weighted by Gasteiger charge is 2.26. The number of rotatable bonds is 7. The lowest BCUT2D eigenvalue weighted by Crippen LogP contribution is -2.44. The summed E-state index contributed by atoms with van der Waals surface area (Å²) in [5.74, 6) is -1.23. The molecule has 3 rings (SSSR count). The summed E-state index contributed by atoms with van der Waals surface area (Å²) in [7, 11) is 3.30. The van der Waals surface area contributed by atoms with Gasteiger partial charge in [0.15, 0.2) is 0 Å². The highest BCUT2D eigenvalue weighted by Crippen LogP contribution is 2.24. The third kappa shape index (κ3) is 4.54. The van der Waals surface area contributed by atoms with Gasteiger partial charge >= 0.3 is 0 Å². The molecule has 0 radical (unpaired) electrons. The van der Waals surface area contributed by atoms with Crippen LogP contribution in [0.3, 0.4) is 0 Å². The minimum Gasteiger partial charge on any atom is -0.374 e. The minimum atomic E-state index is -0.618. The summed E-state index contributed by atoms with van der Waals surface area (Å²) in [5.41, 5.74) is 7.23. The van der Waals surface area contributed by atoms with Gasteiger partial charge in [-0.2, -0.15) is 0 Å². The minimum absolute atomic E-state index is 0.298. The molecule has 1 unspecified atom stereocenters. The number of nitrogens with two attached hydrogens (primary N) is 1. The number of nitrogens with zero attached hydrogens (tertiary/aromatic N) is 2. The van der Waals surface area contributed by atoms with E-state index in [4.69, 9.17) is 5.73 Å². The molecule has 6 nitrogen and oxygen atoms in total. The van der Waals surface area contributed by atoms with Crippen LogP contribution >= 0.6 is 0 Å². The second-order valence-electron chi connectivity index (χ2n) is 6.93. The predicted molar refractivity (Wildman–Crippen MR) is 109 cm³/mol. The Bertz CT molecular complexity index is 916. The Hall–Kier alpha value is -3.00. The highest BCUT2D eigenvalue weighted by molar-refractivity contribution is 6.29. The average Bonchev–Trinajstić information content (AvgIpc) is 2.66. The quantitative estimate of drug-likeness (QED) is 0.651. The first-order valence-corrected chi connectivity index (χ1v) is 9.46. The molecule has 1 atom stereocenters. The summed E-state index contributed by atoms with van der Waals surface area (Å²) in [4.78, 5) is 18.2. The number of nitrogens with one attached hydrogen (secondary N) is 2. The first-order chi connectivity index (χ1) is 13.9. The number of carbonyl (C=O) groups excluding carboxylic acids is 1. The van der Waals surface area contributed by atoms with E-state index in [9.17, 15) is 13.6 Å². The summed E-state index contributed by atoms with van der Waals surface area (Å²) in [6.07, 6.45) is 6.22. The van der Waals surface area contributed by atoms with Crippen LogP contribution in [-0.4, -0.2) is 50.2 Å². The molecule has 154 valence electrons. The van der Waals surface area contributed by atoms with Gasteiger partial charge < -0.3 is 21.3 Å². The second kappa shape index (κ2) is 9.00. The van der Waals surface area contributed by atoms with Crippen LogP contribution in [0.5, 0.6) is 0 Å². The fourth-order valence-corrected chi connectivity index (χ4v) is 3.47. The number of halogens is 2. The molecule has 0 bridgehead atoms. The first kappa shape index (κ1) is 20.7. The molecule has 0 spiro atoms. The summed E-state index contributed by atoms with van der Waals surface area (Å²) in [5, 5.41) is 6.40. The number of amides is 1. The third-order valence-electron chi connectivity index (χ3n) is 5.09. The predicted octanol–water partition coefficient (Wildman–Crippen LogP) is 1.78. The van der Waals surface area contributed by atoms with Gasteiger partial charge in [0.2, 0.25) is 0 Å². The molecule has 1 heterocycles. The van der Waals surface area contributed by atoms with Crippen molar-refractivity contribution >= 4 is 11.6 Å². The number of carbonyl (C=O) groups is 1. The molecule has 1 aromatic carbocycles. The maximum absolute atomic E-state index is 14.5. The Kier molecular flexibility index (Phi) is 6.43. The van der Waals surface area contributed by atoms with Gasteiger partial charge in [-0.3, -0.25) is 9.79 Å². The lowest BCUT2D eigenvalue weighted by Gasteiger charge is -2.35. The van der Waals surface area contributed by atoms with Crippen LogP contribution in [-0.2, 0) is 4.79 Å². The fraction of sp³-hybridized carbons (Fsp3) is 0.333. The van der Waals surface area contributed by atoms with E-state index >= 15 is 0 Å². The van der Waals surface area contributed by atoms with Crippen molar-refractivity contribution in [2.24, 2.45) is 10.7 Å². The van der Waals surface area contributed by atoms with E-state index in [-0.39, 0.29) is 0 Å². The second-order valence-corrected chi connectivity index (χ2v) is 6.93. The lowest BCUT2D eigenvalue weighted by molar-refractivity contribution is -0.114. The van der Waals surface area contributed by atoms with Gasteiger partial charge in [-0.05, 0) is 37.7 Å². The molecule has 1 fully saturated rings. The number of hydrogen-bond donors (Lipinski definition) is 3. The summed E-state index contributed by atoms with van der Waals surface area (Å²) >= 11 is 0. The maximum Gasteiger partial charge on any atom is 0.250 e. The van der Waals surface area contributed by atoms with Crippen molar-refractivity contribution in [3.63, 3.8) is 0 Å². The smallest absolute Gasteiger partial charge is 0.250 e. The zero-order valence-corrected chi connectivity index (χ0v) is 16.5. The standard InChI is InChI=1S/C21H25F2N5O/c1-25-19-15(20(24)29)5-3-6-16(19)21(26-2)27-18(12-28-9-4-10-28)14-8-7-13(22)11-17(14)23/h3,5-8,11,18,26-27H,4,9-10,12H2,1-2H3,(H2,24,29)/b21-16+,25-19-. The van der Waals surface area contributed by atoms with Crippen LogP contribution in [0.4, 0.5) is 8.78 Å². The van der Waals surface area contributed by atoms with Gasteiger partial charge in [-0.1, -0.05) is 12.1 Å². The van der Waals surface area contributed by atoms with Gasteiger partial charge in [-0.15, -0.1) is 0 Å². The van der Waals surface area contributed by atoms with Gasteiger partial charge in [0.05, 0.1) is 17.3 Å². The molecule has 0 saturated carbocycles. The SMILES string of the molecule is C/N=C1/C(C(N)=O)=CC=C/C1=C(/NC)NC(CN1CCC1)c1ccc(F)cc1F. The zero-order chi connectivity index (χ0) is 21.0. The third-order valence-corrected chi connectivity index (χ3v) is 5.09. The monoisotopic (exact) mass is 401 g/mol. The van der Waals surface area contributed by atoms with Crippen molar-refractivity contribution in [2.45, 2.75) is 12.5 Å². The van der Waals surface area contributed by atoms with E-state index in [0.717, 1.165) is 25.6 Å². The van der Waals surface area contributed by atoms with Crippen molar-refractivity contribution in [3.8, 4) is 0 Å². The van der Waals surface area contributed by atoms with Gasteiger partial charge in [0, 0.05) is 37.8 Å². The van der Waals surface area contributed by atoms with Crippen molar-refractivity contribution in [1.82, 2.24) is 15.5 Å². The number of aliphatic imine (C=N–C) groups is 1. The van der Waals surface area contributed by atoms with Crippen LogP contribution in [0.1, 0.15) is 18.0 Å². The Balaban J connectivity index is 1.98. The largest absolute Gasteiger partial charge is 0.374 e. The van der Waals surface area contributed by atoms with Gasteiger partial charge in [-0.25, -0.2) is 8.78 Å². The van der Waals surface area contributed by atoms with Gasteiger partial charge in [0.25, 0.3) is 5.91 Å². The molecule has 2 aliphatic rings. The summed E-state index contributed by atoms with van der Waals surface area (Å²) in [6, 6.07) is 3.17. The van der Waals surface area contributed by atoms with Crippen LogP contribution < -0.4 is 16.4 Å². The average molecular weight is 401 g/mol. The number of benzene rings is 1. The van der Waals surface area contributed by atoms with Crippen LogP contribution in [0.2, 0.25) is 0 Å². The topological polar surface area (TPSA) is 82.7 Å². The Morgan fingerprint density at radius 2 is 2.10 bits per heavy atom. The lowest BCUT2D eigenvalue weighted by atomic mass is 9.95. The van der Waals surface area contributed by atoms with Crippen LogP contribution in [0.25, 0.3) is 0 Å². The Morgan fingerprint density at radius 3 is 2.66 bits per heavy atom. The van der Waals surface area contributed by atoms with E-state index in [0.29, 0.717) is 34.8 Å². The molecule has 1 aromatic rings. The molecule has 1 amide bonds. The Labute approximate surface area is 168 Å². The fourth-order valence-electron chi connectivity index (χ4n) is 3.47. The molecule has 4 N–H and O–H groups in total. The zero-order valence-electron chi connectivity index (χ0n) is 16.5. The van der Waals surface area contributed by atoms with Crippen molar-refractivity contribution in [1.29, 1.82) is 0 Å². The number of primary amides is 1. The van der Waals surface area contributed by atoms with Crippen molar-refractivity contribution in [2.75, 3.05) is 33.7 Å². The molecule has 1 aliphatic carbocycles. The normalized spacial score (nSPS) is 20.7. The van der Waals surface area contributed by atoms with E-state index < -0.39 is 23.6 Å². The molecule has 0 aromatic heterocycles. The summed E-state index contributed by atoms with van der Waals surface area (Å²) in [6.45, 7) is 2.42. The molecular weight excluding hydrogens is 376 g/mol. The van der Waals surface area contributed by atoms with E-state index in [1.807, 2.05) is 0 Å². The van der Waals surface area contributed by atoms with Gasteiger partial charge in [0.1, 0.15) is 17.5 Å². The number of likely N-dealkylation sites (tertiary alicyclic amines) is 1. The van der Waals surface area contributed by atoms with E-state index in [1.165, 1.54) is 12.1 Å². The Morgan fingerprint density at radius 1 is 1.34 bits per heavy atom. The first-order valence-electron chi connectivity index (χ1n) is 9.46. The van der Waals surface area contributed by atoms with Crippen LogP contribution in [0, 0.1) is 11.6 Å².